The highest BCUT2D eigenvalue weighted by Gasteiger charge is 2.31. The summed E-state index contributed by atoms with van der Waals surface area (Å²) in [5, 5.41) is 10.8. The summed E-state index contributed by atoms with van der Waals surface area (Å²) in [6.45, 7) is 3.96. The third-order valence-corrected chi connectivity index (χ3v) is 4.92. The van der Waals surface area contributed by atoms with Crippen molar-refractivity contribution in [1.82, 2.24) is 0 Å². The third kappa shape index (κ3) is 4.82. The van der Waals surface area contributed by atoms with Crippen molar-refractivity contribution < 1.29 is 24.2 Å². The van der Waals surface area contributed by atoms with Gasteiger partial charge in [-0.3, -0.25) is 0 Å². The first-order valence-electron chi connectivity index (χ1n) is 9.01. The lowest BCUT2D eigenvalue weighted by atomic mass is 9.81. The summed E-state index contributed by atoms with van der Waals surface area (Å²) in [6.07, 6.45) is 8.90. The van der Waals surface area contributed by atoms with Crippen LogP contribution >= 0.6 is 0 Å². The number of esters is 2. The molecule has 0 saturated heterocycles. The molecule has 0 aromatic rings. The zero-order valence-electron chi connectivity index (χ0n) is 15.4. The van der Waals surface area contributed by atoms with E-state index in [1.165, 1.54) is 7.11 Å². The Morgan fingerprint density at radius 2 is 1.92 bits per heavy atom. The van der Waals surface area contributed by atoms with Crippen molar-refractivity contribution in [2.75, 3.05) is 13.7 Å². The molecule has 5 nitrogen and oxygen atoms in total. The van der Waals surface area contributed by atoms with Gasteiger partial charge < -0.3 is 14.6 Å². The fraction of sp³-hybridized carbons (Fsp3) is 0.600. The Morgan fingerprint density at radius 1 is 1.24 bits per heavy atom. The Labute approximate surface area is 149 Å². The van der Waals surface area contributed by atoms with Gasteiger partial charge in [0.15, 0.2) is 0 Å². The first-order chi connectivity index (χ1) is 11.9. The van der Waals surface area contributed by atoms with Gasteiger partial charge in [0.1, 0.15) is 0 Å². The molecule has 1 saturated carbocycles. The molecule has 2 aliphatic carbocycles. The molecular formula is C20H28O5. The monoisotopic (exact) mass is 348 g/mol. The number of allylic oxidation sites excluding steroid dienone is 2. The molecule has 25 heavy (non-hydrogen) atoms. The number of rotatable bonds is 5. The SMILES string of the molecule is CCOC(=O)C1=C(C)C=C(/C(=C\C2(O)CCCCC2)C(=O)OC)CC1. The molecule has 0 heterocycles. The van der Waals surface area contributed by atoms with Gasteiger partial charge in [-0.05, 0) is 56.8 Å². The number of carbonyl (C=O) groups is 2. The van der Waals surface area contributed by atoms with Crippen LogP contribution in [0, 0.1) is 0 Å². The maximum atomic E-state index is 12.3. The summed E-state index contributed by atoms with van der Waals surface area (Å²) in [7, 11) is 1.34. The second-order valence-electron chi connectivity index (χ2n) is 6.77. The minimum Gasteiger partial charge on any atom is -0.465 e. The van der Waals surface area contributed by atoms with Crippen LogP contribution in [-0.2, 0) is 19.1 Å². The number of methoxy groups -OCH3 is 1. The van der Waals surface area contributed by atoms with Crippen LogP contribution in [0.25, 0.3) is 0 Å². The van der Waals surface area contributed by atoms with Crippen molar-refractivity contribution in [2.24, 2.45) is 0 Å². The smallest absolute Gasteiger partial charge is 0.337 e. The van der Waals surface area contributed by atoms with E-state index in [1.54, 1.807) is 13.0 Å². The number of aliphatic hydroxyl groups is 1. The van der Waals surface area contributed by atoms with E-state index in [9.17, 15) is 14.7 Å². The van der Waals surface area contributed by atoms with Gasteiger partial charge >= 0.3 is 11.9 Å². The van der Waals surface area contributed by atoms with Gasteiger partial charge in [-0.15, -0.1) is 0 Å². The Morgan fingerprint density at radius 3 is 2.48 bits per heavy atom. The zero-order chi connectivity index (χ0) is 18.4. The second kappa shape index (κ2) is 8.48. The van der Waals surface area contributed by atoms with Gasteiger partial charge in [-0.1, -0.05) is 25.3 Å². The number of carbonyl (C=O) groups excluding carboxylic acids is 2. The van der Waals surface area contributed by atoms with Crippen molar-refractivity contribution >= 4 is 11.9 Å². The zero-order valence-corrected chi connectivity index (χ0v) is 15.4. The molecule has 1 N–H and O–H groups in total. The van der Waals surface area contributed by atoms with E-state index in [2.05, 4.69) is 0 Å². The lowest BCUT2D eigenvalue weighted by Crippen LogP contribution is -2.30. The van der Waals surface area contributed by atoms with E-state index in [0.717, 1.165) is 30.4 Å². The second-order valence-corrected chi connectivity index (χ2v) is 6.77. The summed E-state index contributed by atoms with van der Waals surface area (Å²) in [6, 6.07) is 0. The molecule has 0 spiro atoms. The maximum absolute atomic E-state index is 12.3. The van der Waals surface area contributed by atoms with Crippen molar-refractivity contribution in [3.05, 3.63) is 34.4 Å². The van der Waals surface area contributed by atoms with E-state index in [-0.39, 0.29) is 5.97 Å². The lowest BCUT2D eigenvalue weighted by Gasteiger charge is -2.30. The number of ether oxygens (including phenoxy) is 2. The number of hydrogen-bond donors (Lipinski definition) is 1. The van der Waals surface area contributed by atoms with Crippen molar-refractivity contribution in [2.45, 2.75) is 64.4 Å². The predicted octanol–water partition coefficient (Wildman–Crippen LogP) is 3.38. The van der Waals surface area contributed by atoms with Crippen LogP contribution in [0.15, 0.2) is 34.4 Å². The molecule has 0 aromatic carbocycles. The first-order valence-corrected chi connectivity index (χ1v) is 9.01. The molecule has 2 aliphatic rings. The normalized spacial score (nSPS) is 20.8. The molecule has 0 aliphatic heterocycles. The highest BCUT2D eigenvalue weighted by Crippen LogP contribution is 2.35. The standard InChI is InChI=1S/C20H28O5/c1-4-25-19(22)16-9-8-15(12-14(16)2)17(18(21)24-3)13-20(23)10-6-5-7-11-20/h12-13,23H,4-11H2,1-3H3/b17-13+. The van der Waals surface area contributed by atoms with Crippen LogP contribution in [0.3, 0.4) is 0 Å². The largest absolute Gasteiger partial charge is 0.465 e. The van der Waals surface area contributed by atoms with Gasteiger partial charge in [0.05, 0.1) is 24.9 Å². The minimum atomic E-state index is -0.957. The summed E-state index contributed by atoms with van der Waals surface area (Å²) in [5.41, 5.74) is 1.70. The Balaban J connectivity index is 2.35. The van der Waals surface area contributed by atoms with Gasteiger partial charge in [-0.25, -0.2) is 9.59 Å². The van der Waals surface area contributed by atoms with Crippen molar-refractivity contribution in [3.8, 4) is 0 Å². The molecule has 5 heteroatoms. The van der Waals surface area contributed by atoms with E-state index in [4.69, 9.17) is 9.47 Å². The van der Waals surface area contributed by atoms with Crippen LogP contribution in [0.4, 0.5) is 0 Å². The van der Waals surface area contributed by atoms with Crippen LogP contribution in [0.2, 0.25) is 0 Å². The van der Waals surface area contributed by atoms with E-state index < -0.39 is 11.6 Å². The Bertz CT molecular complexity index is 618. The first kappa shape index (κ1) is 19.4. The predicted molar refractivity (Wildman–Crippen MR) is 94.8 cm³/mol. The highest BCUT2D eigenvalue weighted by molar-refractivity contribution is 5.95. The average Bonchev–Trinajstić information content (AvgIpc) is 2.59. The topological polar surface area (TPSA) is 72.8 Å². The molecule has 0 bridgehead atoms. The van der Waals surface area contributed by atoms with Gasteiger partial charge in [0.2, 0.25) is 0 Å². The van der Waals surface area contributed by atoms with Gasteiger partial charge in [0.25, 0.3) is 0 Å². The van der Waals surface area contributed by atoms with E-state index in [0.29, 0.717) is 43.4 Å². The summed E-state index contributed by atoms with van der Waals surface area (Å²) >= 11 is 0. The molecule has 0 radical (unpaired) electrons. The number of hydrogen-bond acceptors (Lipinski definition) is 5. The molecule has 0 atom stereocenters. The maximum Gasteiger partial charge on any atom is 0.337 e. The highest BCUT2D eigenvalue weighted by atomic mass is 16.5. The van der Waals surface area contributed by atoms with Crippen LogP contribution in [0.1, 0.15) is 58.8 Å². The van der Waals surface area contributed by atoms with Crippen LogP contribution in [-0.4, -0.2) is 36.4 Å². The van der Waals surface area contributed by atoms with E-state index >= 15 is 0 Å². The summed E-state index contributed by atoms with van der Waals surface area (Å²) < 4.78 is 10.0. The van der Waals surface area contributed by atoms with Crippen LogP contribution < -0.4 is 0 Å². The van der Waals surface area contributed by atoms with E-state index in [1.807, 2.05) is 13.0 Å². The lowest BCUT2D eigenvalue weighted by molar-refractivity contribution is -0.138. The van der Waals surface area contributed by atoms with Crippen molar-refractivity contribution in [3.63, 3.8) is 0 Å². The van der Waals surface area contributed by atoms with Gasteiger partial charge in [0, 0.05) is 5.57 Å². The fourth-order valence-electron chi connectivity index (χ4n) is 3.54. The molecule has 0 aromatic heterocycles. The molecule has 2 rings (SSSR count). The Kier molecular flexibility index (Phi) is 6.59. The van der Waals surface area contributed by atoms with Crippen molar-refractivity contribution in [1.29, 1.82) is 0 Å². The molecule has 1 fully saturated rings. The summed E-state index contributed by atoms with van der Waals surface area (Å²) in [5.74, 6) is -0.748. The molecule has 0 amide bonds. The van der Waals surface area contributed by atoms with Crippen LogP contribution in [0.5, 0.6) is 0 Å². The average molecular weight is 348 g/mol. The Hall–Kier alpha value is -1.88. The van der Waals surface area contributed by atoms with Gasteiger partial charge in [-0.2, -0.15) is 0 Å². The molecule has 0 unspecified atom stereocenters. The molecule has 138 valence electrons. The molecular weight excluding hydrogens is 320 g/mol. The summed E-state index contributed by atoms with van der Waals surface area (Å²) in [4.78, 5) is 24.3. The quantitative estimate of drug-likeness (QED) is 0.609. The fourth-order valence-corrected chi connectivity index (χ4v) is 3.54. The third-order valence-electron chi connectivity index (χ3n) is 4.92. The minimum absolute atomic E-state index is 0.301.